The van der Waals surface area contributed by atoms with E-state index in [1.807, 2.05) is 0 Å². The zero-order valence-electron chi connectivity index (χ0n) is 18.0. The Balaban J connectivity index is 1.53. The zero-order chi connectivity index (χ0) is 20.3. The van der Waals surface area contributed by atoms with Crippen LogP contribution in [0.5, 0.6) is 0 Å². The van der Waals surface area contributed by atoms with E-state index in [2.05, 4.69) is 81.2 Å². The molecule has 2 aromatic rings. The first-order chi connectivity index (χ1) is 13.3. The zero-order valence-corrected chi connectivity index (χ0v) is 18.0. The number of carbonyl (C=O) groups is 1. The number of benzene rings is 2. The van der Waals surface area contributed by atoms with Gasteiger partial charge in [-0.1, -0.05) is 42.0 Å². The molecule has 1 heterocycles. The van der Waals surface area contributed by atoms with Crippen molar-refractivity contribution in [2.75, 3.05) is 13.1 Å². The summed E-state index contributed by atoms with van der Waals surface area (Å²) >= 11 is 0. The monoisotopic (exact) mass is 378 g/mol. The molecule has 1 N–H and O–H groups in total. The predicted molar refractivity (Wildman–Crippen MR) is 116 cm³/mol. The van der Waals surface area contributed by atoms with Crippen molar-refractivity contribution in [3.63, 3.8) is 0 Å². The molecule has 0 spiro atoms. The number of piperidine rings is 1. The minimum absolute atomic E-state index is 0.0529. The summed E-state index contributed by atoms with van der Waals surface area (Å²) in [5, 5.41) is 3.27. The van der Waals surface area contributed by atoms with Crippen LogP contribution in [0.1, 0.15) is 59.2 Å². The lowest BCUT2D eigenvalue weighted by molar-refractivity contribution is -0.127. The van der Waals surface area contributed by atoms with Gasteiger partial charge >= 0.3 is 0 Å². The Bertz CT molecular complexity index is 834. The van der Waals surface area contributed by atoms with E-state index in [0.29, 0.717) is 0 Å². The second-order valence-electron chi connectivity index (χ2n) is 8.56. The van der Waals surface area contributed by atoms with Crippen LogP contribution in [-0.4, -0.2) is 23.9 Å². The van der Waals surface area contributed by atoms with Gasteiger partial charge in [0.25, 0.3) is 0 Å². The summed E-state index contributed by atoms with van der Waals surface area (Å²) in [6, 6.07) is 13.2. The fraction of sp³-hybridized carbons (Fsp3) is 0.480. The molecule has 0 bridgehead atoms. The molecule has 1 saturated heterocycles. The average molecular weight is 379 g/mol. The van der Waals surface area contributed by atoms with Crippen molar-refractivity contribution in [2.45, 2.75) is 60.0 Å². The molecule has 28 heavy (non-hydrogen) atoms. The van der Waals surface area contributed by atoms with Crippen molar-refractivity contribution >= 4 is 5.91 Å². The van der Waals surface area contributed by atoms with E-state index in [1.165, 1.54) is 33.4 Å². The molecule has 1 amide bonds. The van der Waals surface area contributed by atoms with Crippen LogP contribution >= 0.6 is 0 Å². The standard InChI is InChI=1S/C25H34N2O/c1-17-7-6-8-22(13-17)16-27-11-9-23(10-12-27)25(28)26-21(5)24-15-19(3)18(2)14-20(24)4/h6-8,13-15,21,23H,9-12,16H2,1-5H3,(H,26,28)/t21-/m1/s1. The van der Waals surface area contributed by atoms with Crippen LogP contribution in [0.2, 0.25) is 0 Å². The number of carbonyl (C=O) groups excluding carboxylic acids is 1. The van der Waals surface area contributed by atoms with E-state index in [-0.39, 0.29) is 17.9 Å². The molecule has 1 atom stereocenters. The molecule has 1 fully saturated rings. The predicted octanol–water partition coefficient (Wildman–Crippen LogP) is 5.01. The third kappa shape index (κ3) is 5.02. The first kappa shape index (κ1) is 20.6. The minimum Gasteiger partial charge on any atom is -0.349 e. The molecule has 0 aliphatic carbocycles. The lowest BCUT2D eigenvalue weighted by Gasteiger charge is -2.32. The molecule has 2 aromatic carbocycles. The van der Waals surface area contributed by atoms with Crippen LogP contribution in [0.4, 0.5) is 0 Å². The second kappa shape index (κ2) is 8.91. The maximum Gasteiger partial charge on any atom is 0.223 e. The Morgan fingerprint density at radius 1 is 1.04 bits per heavy atom. The normalized spacial score (nSPS) is 16.8. The highest BCUT2D eigenvalue weighted by Crippen LogP contribution is 2.24. The molecule has 0 saturated carbocycles. The van der Waals surface area contributed by atoms with E-state index in [9.17, 15) is 4.79 Å². The van der Waals surface area contributed by atoms with Crippen molar-refractivity contribution in [2.24, 2.45) is 5.92 Å². The third-order valence-electron chi connectivity index (χ3n) is 6.15. The summed E-state index contributed by atoms with van der Waals surface area (Å²) in [7, 11) is 0. The van der Waals surface area contributed by atoms with Crippen LogP contribution in [0.15, 0.2) is 36.4 Å². The second-order valence-corrected chi connectivity index (χ2v) is 8.56. The number of amides is 1. The van der Waals surface area contributed by atoms with Crippen molar-refractivity contribution in [3.05, 3.63) is 69.8 Å². The average Bonchev–Trinajstić information content (AvgIpc) is 2.65. The maximum absolute atomic E-state index is 12.8. The SMILES string of the molecule is Cc1cccc(CN2CCC(C(=O)N[C@H](C)c3cc(C)c(C)cc3C)CC2)c1. The molecule has 0 radical (unpaired) electrons. The van der Waals surface area contributed by atoms with Gasteiger partial charge in [0.15, 0.2) is 0 Å². The van der Waals surface area contributed by atoms with Gasteiger partial charge < -0.3 is 5.32 Å². The highest BCUT2D eigenvalue weighted by atomic mass is 16.1. The van der Waals surface area contributed by atoms with Crippen molar-refractivity contribution in [3.8, 4) is 0 Å². The molecule has 3 nitrogen and oxygen atoms in total. The molecular formula is C25H34N2O. The molecule has 1 aliphatic heterocycles. The van der Waals surface area contributed by atoms with E-state index in [4.69, 9.17) is 0 Å². The number of aryl methyl sites for hydroxylation is 4. The van der Waals surface area contributed by atoms with Crippen molar-refractivity contribution in [1.29, 1.82) is 0 Å². The lowest BCUT2D eigenvalue weighted by atomic mass is 9.93. The Hall–Kier alpha value is -2.13. The first-order valence-corrected chi connectivity index (χ1v) is 10.5. The Labute approximate surface area is 170 Å². The topological polar surface area (TPSA) is 32.3 Å². The molecule has 3 rings (SSSR count). The molecule has 1 aliphatic rings. The molecule has 0 unspecified atom stereocenters. The fourth-order valence-electron chi connectivity index (χ4n) is 4.28. The first-order valence-electron chi connectivity index (χ1n) is 10.5. The van der Waals surface area contributed by atoms with E-state index < -0.39 is 0 Å². The van der Waals surface area contributed by atoms with Crippen molar-refractivity contribution in [1.82, 2.24) is 10.2 Å². The summed E-state index contributed by atoms with van der Waals surface area (Å²) in [6.07, 6.45) is 1.88. The minimum atomic E-state index is 0.0529. The van der Waals surface area contributed by atoms with E-state index in [0.717, 1.165) is 32.5 Å². The molecule has 3 heteroatoms. The van der Waals surface area contributed by atoms with Gasteiger partial charge in [-0.2, -0.15) is 0 Å². The van der Waals surface area contributed by atoms with Gasteiger partial charge in [0.05, 0.1) is 6.04 Å². The Morgan fingerprint density at radius 2 is 1.71 bits per heavy atom. The largest absolute Gasteiger partial charge is 0.349 e. The smallest absolute Gasteiger partial charge is 0.223 e. The highest BCUT2D eigenvalue weighted by Gasteiger charge is 2.26. The van der Waals surface area contributed by atoms with Crippen LogP contribution < -0.4 is 5.32 Å². The highest BCUT2D eigenvalue weighted by molar-refractivity contribution is 5.79. The maximum atomic E-state index is 12.8. The summed E-state index contributed by atoms with van der Waals surface area (Å²) in [6.45, 7) is 13.6. The van der Waals surface area contributed by atoms with Crippen LogP contribution in [0.25, 0.3) is 0 Å². The number of rotatable bonds is 5. The van der Waals surface area contributed by atoms with Crippen LogP contribution in [0, 0.1) is 33.6 Å². The van der Waals surface area contributed by atoms with Gasteiger partial charge in [0.2, 0.25) is 5.91 Å². The summed E-state index contributed by atoms with van der Waals surface area (Å²) in [5.41, 5.74) is 7.74. The van der Waals surface area contributed by atoms with Crippen molar-refractivity contribution < 1.29 is 4.79 Å². The Morgan fingerprint density at radius 3 is 2.39 bits per heavy atom. The van der Waals surface area contributed by atoms with Gasteiger partial charge in [-0.05, 0) is 88.4 Å². The van der Waals surface area contributed by atoms with Gasteiger partial charge in [0, 0.05) is 12.5 Å². The van der Waals surface area contributed by atoms with Crippen LogP contribution in [-0.2, 0) is 11.3 Å². The number of likely N-dealkylation sites (tertiary alicyclic amines) is 1. The van der Waals surface area contributed by atoms with Gasteiger partial charge in [-0.3, -0.25) is 9.69 Å². The fourth-order valence-corrected chi connectivity index (χ4v) is 4.28. The van der Waals surface area contributed by atoms with Crippen LogP contribution in [0.3, 0.4) is 0 Å². The van der Waals surface area contributed by atoms with Gasteiger partial charge in [0.1, 0.15) is 0 Å². The number of hydrogen-bond acceptors (Lipinski definition) is 2. The molecular weight excluding hydrogens is 344 g/mol. The van der Waals surface area contributed by atoms with Gasteiger partial charge in [-0.25, -0.2) is 0 Å². The quantitative estimate of drug-likeness (QED) is 0.793. The van der Waals surface area contributed by atoms with E-state index >= 15 is 0 Å². The molecule has 150 valence electrons. The summed E-state index contributed by atoms with van der Waals surface area (Å²) < 4.78 is 0. The number of nitrogens with zero attached hydrogens (tertiary/aromatic N) is 1. The number of hydrogen-bond donors (Lipinski definition) is 1. The van der Waals surface area contributed by atoms with Gasteiger partial charge in [-0.15, -0.1) is 0 Å². The summed E-state index contributed by atoms with van der Waals surface area (Å²) in [5.74, 6) is 0.336. The third-order valence-corrected chi connectivity index (χ3v) is 6.15. The van der Waals surface area contributed by atoms with E-state index in [1.54, 1.807) is 0 Å². The number of nitrogens with one attached hydrogen (secondary N) is 1. The lowest BCUT2D eigenvalue weighted by Crippen LogP contribution is -2.41. The Kier molecular flexibility index (Phi) is 6.56. The summed E-state index contributed by atoms with van der Waals surface area (Å²) in [4.78, 5) is 15.3. The molecule has 0 aromatic heterocycles.